The van der Waals surface area contributed by atoms with E-state index in [2.05, 4.69) is 5.92 Å². The molecule has 0 unspecified atom stereocenters. The molecule has 0 heterocycles. The first-order chi connectivity index (χ1) is 4.31. The van der Waals surface area contributed by atoms with Gasteiger partial charge in [0.2, 0.25) is 5.12 Å². The van der Waals surface area contributed by atoms with Gasteiger partial charge in [0.1, 0.15) is 0 Å². The van der Waals surface area contributed by atoms with Crippen molar-refractivity contribution in [2.75, 3.05) is 6.26 Å². The largest absolute Gasteiger partial charge is 0.282 e. The molecule has 0 saturated carbocycles. The van der Waals surface area contributed by atoms with Crippen LogP contribution < -0.4 is 0 Å². The van der Waals surface area contributed by atoms with Crippen LogP contribution in [0.5, 0.6) is 0 Å². The Bertz CT molecular complexity index is 153. The number of rotatable bonds is 2. The first-order valence-corrected chi connectivity index (χ1v) is 3.71. The second-order valence-electron chi connectivity index (χ2n) is 1.33. The van der Waals surface area contributed by atoms with Gasteiger partial charge in [0, 0.05) is 6.42 Å². The van der Waals surface area contributed by atoms with E-state index in [4.69, 9.17) is 6.42 Å². The van der Waals surface area contributed by atoms with Crippen LogP contribution in [0.3, 0.4) is 0 Å². The van der Waals surface area contributed by atoms with E-state index in [9.17, 15) is 4.79 Å². The standard InChI is InChI=1S/C7H8OS/c1-3-4-5-6-7(8)9-2/h1,5-6H,4H2,2H3/b6-5-. The van der Waals surface area contributed by atoms with E-state index in [0.717, 1.165) is 0 Å². The summed E-state index contributed by atoms with van der Waals surface area (Å²) in [7, 11) is 0. The summed E-state index contributed by atoms with van der Waals surface area (Å²) in [6.45, 7) is 0. The van der Waals surface area contributed by atoms with E-state index >= 15 is 0 Å². The van der Waals surface area contributed by atoms with Crippen LogP contribution in [0.2, 0.25) is 0 Å². The molecule has 0 aliphatic carbocycles. The normalized spacial score (nSPS) is 9.33. The number of terminal acetylenes is 1. The zero-order valence-electron chi connectivity index (χ0n) is 5.26. The summed E-state index contributed by atoms with van der Waals surface area (Å²) in [5.41, 5.74) is 0. The van der Waals surface area contributed by atoms with E-state index in [-0.39, 0.29) is 5.12 Å². The molecule has 0 spiro atoms. The topological polar surface area (TPSA) is 17.1 Å². The van der Waals surface area contributed by atoms with Crippen molar-refractivity contribution in [1.29, 1.82) is 0 Å². The minimum Gasteiger partial charge on any atom is -0.282 e. The highest BCUT2D eigenvalue weighted by Gasteiger charge is 1.86. The van der Waals surface area contributed by atoms with Crippen molar-refractivity contribution in [3.63, 3.8) is 0 Å². The van der Waals surface area contributed by atoms with Crippen LogP contribution in [0.4, 0.5) is 0 Å². The third-order valence-corrected chi connectivity index (χ3v) is 1.23. The van der Waals surface area contributed by atoms with Gasteiger partial charge in [0.25, 0.3) is 0 Å². The Labute approximate surface area is 59.5 Å². The number of carbonyl (C=O) groups is 1. The van der Waals surface area contributed by atoms with Crippen molar-refractivity contribution in [2.24, 2.45) is 0 Å². The number of hydrogen-bond acceptors (Lipinski definition) is 2. The van der Waals surface area contributed by atoms with Crippen LogP contribution in [0, 0.1) is 12.3 Å². The molecule has 0 atom stereocenters. The average Bonchev–Trinajstić information content (AvgIpc) is 1.89. The van der Waals surface area contributed by atoms with E-state index in [0.29, 0.717) is 6.42 Å². The molecule has 0 bridgehead atoms. The maximum atomic E-state index is 10.5. The lowest BCUT2D eigenvalue weighted by Crippen LogP contribution is -1.79. The number of carbonyl (C=O) groups excluding carboxylic acids is 1. The lowest BCUT2D eigenvalue weighted by atomic mass is 10.4. The van der Waals surface area contributed by atoms with Crippen LogP contribution in [0.25, 0.3) is 0 Å². The van der Waals surface area contributed by atoms with Crippen LogP contribution in [-0.4, -0.2) is 11.4 Å². The van der Waals surface area contributed by atoms with E-state index < -0.39 is 0 Å². The molecule has 9 heavy (non-hydrogen) atoms. The summed E-state index contributed by atoms with van der Waals surface area (Å²) in [5, 5.41) is 0.0465. The first-order valence-electron chi connectivity index (χ1n) is 2.49. The highest BCUT2D eigenvalue weighted by Crippen LogP contribution is 1.95. The molecule has 1 nitrogen and oxygen atoms in total. The lowest BCUT2D eigenvalue weighted by Gasteiger charge is -1.80. The number of hydrogen-bond donors (Lipinski definition) is 0. The van der Waals surface area contributed by atoms with Crippen molar-refractivity contribution in [3.05, 3.63) is 12.2 Å². The third-order valence-electron chi connectivity index (χ3n) is 0.691. The predicted molar refractivity (Wildman–Crippen MR) is 41.1 cm³/mol. The van der Waals surface area contributed by atoms with E-state index in [1.54, 1.807) is 12.3 Å². The molecule has 0 aliphatic heterocycles. The molecule has 2 heteroatoms. The number of thioether (sulfide) groups is 1. The molecule has 0 aromatic rings. The smallest absolute Gasteiger partial charge is 0.211 e. The van der Waals surface area contributed by atoms with Crippen molar-refractivity contribution in [2.45, 2.75) is 6.42 Å². The van der Waals surface area contributed by atoms with Gasteiger partial charge in [0.15, 0.2) is 0 Å². The molecular weight excluding hydrogens is 132 g/mol. The molecule has 48 valence electrons. The fraction of sp³-hybridized carbons (Fsp3) is 0.286. The van der Waals surface area contributed by atoms with Gasteiger partial charge in [-0.2, -0.15) is 0 Å². The molecule has 0 radical (unpaired) electrons. The minimum absolute atomic E-state index is 0.0465. The summed E-state index contributed by atoms with van der Waals surface area (Å²) in [5.74, 6) is 2.40. The third kappa shape index (κ3) is 5.19. The Kier molecular flexibility index (Phi) is 5.04. The van der Waals surface area contributed by atoms with Crippen molar-refractivity contribution in [3.8, 4) is 12.3 Å². The first kappa shape index (κ1) is 8.32. The molecule has 0 aromatic carbocycles. The molecule has 0 fully saturated rings. The Morgan fingerprint density at radius 1 is 1.89 bits per heavy atom. The zero-order valence-corrected chi connectivity index (χ0v) is 6.07. The van der Waals surface area contributed by atoms with Gasteiger partial charge in [-0.1, -0.05) is 17.8 Å². The highest BCUT2D eigenvalue weighted by molar-refractivity contribution is 8.13. The van der Waals surface area contributed by atoms with Gasteiger partial charge in [-0.25, -0.2) is 0 Å². The van der Waals surface area contributed by atoms with Gasteiger partial charge < -0.3 is 0 Å². The van der Waals surface area contributed by atoms with Crippen LogP contribution in [0.15, 0.2) is 12.2 Å². The molecular formula is C7H8OS. The average molecular weight is 140 g/mol. The fourth-order valence-corrected chi connectivity index (χ4v) is 0.524. The van der Waals surface area contributed by atoms with Gasteiger partial charge in [-0.3, -0.25) is 4.79 Å². The Morgan fingerprint density at radius 2 is 2.56 bits per heavy atom. The van der Waals surface area contributed by atoms with Gasteiger partial charge in [-0.05, 0) is 12.3 Å². The van der Waals surface area contributed by atoms with Gasteiger partial charge in [0.05, 0.1) is 0 Å². The summed E-state index contributed by atoms with van der Waals surface area (Å²) >= 11 is 1.18. The fourth-order valence-electron chi connectivity index (χ4n) is 0.291. The van der Waals surface area contributed by atoms with Crippen molar-refractivity contribution >= 4 is 16.9 Å². The monoisotopic (exact) mass is 140 g/mol. The van der Waals surface area contributed by atoms with Gasteiger partial charge >= 0.3 is 0 Å². The second kappa shape index (κ2) is 5.46. The summed E-state index contributed by atoms with van der Waals surface area (Å²) in [6, 6.07) is 0. The van der Waals surface area contributed by atoms with E-state index in [1.165, 1.54) is 17.8 Å². The molecule has 0 N–H and O–H groups in total. The van der Waals surface area contributed by atoms with E-state index in [1.807, 2.05) is 0 Å². The lowest BCUT2D eigenvalue weighted by molar-refractivity contribution is -0.107. The SMILES string of the molecule is C#CC/C=C\C(=O)SC. The molecule has 0 aliphatic rings. The predicted octanol–water partition coefficient (Wildman–Crippen LogP) is 1.46. The van der Waals surface area contributed by atoms with Gasteiger partial charge in [-0.15, -0.1) is 12.3 Å². The van der Waals surface area contributed by atoms with Crippen LogP contribution in [-0.2, 0) is 4.79 Å². The molecule has 0 aromatic heterocycles. The Hall–Kier alpha value is -0.680. The molecule has 0 saturated heterocycles. The summed E-state index contributed by atoms with van der Waals surface area (Å²) in [6.07, 6.45) is 10.4. The van der Waals surface area contributed by atoms with Crippen molar-refractivity contribution < 1.29 is 4.79 Å². The second-order valence-corrected chi connectivity index (χ2v) is 2.14. The minimum atomic E-state index is 0.0465. The van der Waals surface area contributed by atoms with Crippen LogP contribution in [0.1, 0.15) is 6.42 Å². The maximum Gasteiger partial charge on any atom is 0.211 e. The van der Waals surface area contributed by atoms with Crippen LogP contribution >= 0.6 is 11.8 Å². The van der Waals surface area contributed by atoms with Crippen molar-refractivity contribution in [1.82, 2.24) is 0 Å². The summed E-state index contributed by atoms with van der Waals surface area (Å²) in [4.78, 5) is 10.5. The number of allylic oxidation sites excluding steroid dienone is 1. The Morgan fingerprint density at radius 3 is 3.00 bits per heavy atom. The zero-order chi connectivity index (χ0) is 7.11. The highest BCUT2D eigenvalue weighted by atomic mass is 32.2. The Balaban J connectivity index is 3.47. The molecule has 0 amide bonds. The molecule has 0 rings (SSSR count). The summed E-state index contributed by atoms with van der Waals surface area (Å²) < 4.78 is 0. The quantitative estimate of drug-likeness (QED) is 0.426. The maximum absolute atomic E-state index is 10.5.